The molecule has 0 aliphatic carbocycles. The number of ether oxygens (including phenoxy) is 1. The summed E-state index contributed by atoms with van der Waals surface area (Å²) >= 11 is 0. The number of benzene rings is 2. The molecule has 0 aliphatic rings. The molecule has 3 amide bonds. The van der Waals surface area contributed by atoms with Gasteiger partial charge in [-0.2, -0.15) is 0 Å². The summed E-state index contributed by atoms with van der Waals surface area (Å²) < 4.78 is 17.7. The van der Waals surface area contributed by atoms with E-state index in [4.69, 9.17) is 4.74 Å². The molecule has 0 saturated carbocycles. The molecule has 134 valence electrons. The molecule has 0 heterocycles. The van der Waals surface area contributed by atoms with Gasteiger partial charge in [0.15, 0.2) is 6.61 Å². The maximum Gasteiger partial charge on any atom is 0.331 e. The first-order chi connectivity index (χ1) is 12.5. The fourth-order valence-corrected chi connectivity index (χ4v) is 1.94. The van der Waals surface area contributed by atoms with E-state index < -0.39 is 30.3 Å². The Morgan fingerprint density at radius 2 is 1.81 bits per heavy atom. The van der Waals surface area contributed by atoms with Crippen molar-refractivity contribution in [2.24, 2.45) is 0 Å². The van der Waals surface area contributed by atoms with Crippen LogP contribution in [0.5, 0.6) is 0 Å². The van der Waals surface area contributed by atoms with Gasteiger partial charge in [0.2, 0.25) is 0 Å². The van der Waals surface area contributed by atoms with Crippen molar-refractivity contribution in [3.63, 3.8) is 0 Å². The highest BCUT2D eigenvalue weighted by atomic mass is 19.1. The lowest BCUT2D eigenvalue weighted by Gasteiger charge is -2.06. The zero-order valence-corrected chi connectivity index (χ0v) is 13.8. The van der Waals surface area contributed by atoms with E-state index in [-0.39, 0.29) is 6.54 Å². The number of carbonyl (C=O) groups is 3. The van der Waals surface area contributed by atoms with Gasteiger partial charge >= 0.3 is 12.0 Å². The van der Waals surface area contributed by atoms with Crippen molar-refractivity contribution < 1.29 is 23.5 Å². The molecular weight excluding hydrogens is 339 g/mol. The van der Waals surface area contributed by atoms with Crippen molar-refractivity contribution in [3.05, 3.63) is 77.6 Å². The Kier molecular flexibility index (Phi) is 7.05. The summed E-state index contributed by atoms with van der Waals surface area (Å²) in [5, 5.41) is 4.56. The molecule has 0 saturated heterocycles. The summed E-state index contributed by atoms with van der Waals surface area (Å²) in [5.74, 6) is -1.97. The van der Waals surface area contributed by atoms with Crippen molar-refractivity contribution >= 4 is 24.0 Å². The highest BCUT2D eigenvalue weighted by molar-refractivity contribution is 5.96. The first-order valence-corrected chi connectivity index (χ1v) is 7.75. The highest BCUT2D eigenvalue weighted by Gasteiger charge is 2.09. The van der Waals surface area contributed by atoms with Crippen LogP contribution in [0.4, 0.5) is 9.18 Å². The molecule has 0 radical (unpaired) electrons. The minimum absolute atomic E-state index is 0.260. The summed E-state index contributed by atoms with van der Waals surface area (Å²) in [6, 6.07) is 14.1. The van der Waals surface area contributed by atoms with Crippen molar-refractivity contribution in [1.82, 2.24) is 10.6 Å². The number of carbonyl (C=O) groups excluding carboxylic acids is 3. The van der Waals surface area contributed by atoms with Gasteiger partial charge in [-0.3, -0.25) is 10.1 Å². The maximum absolute atomic E-state index is 13.0. The highest BCUT2D eigenvalue weighted by Crippen LogP contribution is 2.05. The van der Waals surface area contributed by atoms with Crippen LogP contribution in [-0.4, -0.2) is 24.5 Å². The van der Waals surface area contributed by atoms with Crippen molar-refractivity contribution in [2.45, 2.75) is 6.54 Å². The second-order valence-corrected chi connectivity index (χ2v) is 5.21. The number of urea groups is 1. The molecule has 6 nitrogen and oxygen atoms in total. The van der Waals surface area contributed by atoms with E-state index >= 15 is 0 Å². The first kappa shape index (κ1) is 18.9. The predicted octanol–water partition coefficient (Wildman–Crippen LogP) is 2.41. The van der Waals surface area contributed by atoms with Gasteiger partial charge in [-0.25, -0.2) is 14.0 Å². The number of hydrogen-bond acceptors (Lipinski definition) is 4. The average Bonchev–Trinajstić information content (AvgIpc) is 2.64. The minimum atomic E-state index is -0.783. The Morgan fingerprint density at radius 1 is 1.04 bits per heavy atom. The quantitative estimate of drug-likeness (QED) is 0.615. The van der Waals surface area contributed by atoms with E-state index in [1.807, 2.05) is 35.6 Å². The topological polar surface area (TPSA) is 84.5 Å². The standard InChI is InChI=1S/C19H17FN2O4/c20-16-8-4-7-14(11-16)9-10-18(24)26-13-17(23)22-19(25)21-12-15-5-2-1-3-6-15/h1-11H,12-13H2,(H2,21,22,23,25)/b10-9+. The molecular formula is C19H17FN2O4. The molecule has 0 unspecified atom stereocenters. The number of hydrogen-bond donors (Lipinski definition) is 2. The summed E-state index contributed by atoms with van der Waals surface area (Å²) in [5.41, 5.74) is 1.36. The third kappa shape index (κ3) is 6.96. The molecule has 26 heavy (non-hydrogen) atoms. The molecule has 2 aromatic rings. The van der Waals surface area contributed by atoms with Gasteiger partial charge < -0.3 is 10.1 Å². The fourth-order valence-electron chi connectivity index (χ4n) is 1.94. The fraction of sp³-hybridized carbons (Fsp3) is 0.105. The van der Waals surface area contributed by atoms with Crippen molar-refractivity contribution in [1.29, 1.82) is 0 Å². The minimum Gasteiger partial charge on any atom is -0.452 e. The predicted molar refractivity (Wildman–Crippen MR) is 93.2 cm³/mol. The van der Waals surface area contributed by atoms with Crippen LogP contribution in [0.15, 0.2) is 60.7 Å². The van der Waals surface area contributed by atoms with Crippen LogP contribution in [0, 0.1) is 5.82 Å². The van der Waals surface area contributed by atoms with Crippen LogP contribution in [0.1, 0.15) is 11.1 Å². The van der Waals surface area contributed by atoms with Crippen molar-refractivity contribution in [3.8, 4) is 0 Å². The van der Waals surface area contributed by atoms with Gasteiger partial charge in [0.05, 0.1) is 0 Å². The summed E-state index contributed by atoms with van der Waals surface area (Å²) in [7, 11) is 0. The smallest absolute Gasteiger partial charge is 0.331 e. The monoisotopic (exact) mass is 356 g/mol. The van der Waals surface area contributed by atoms with Crippen LogP contribution in [0.25, 0.3) is 6.08 Å². The third-order valence-corrected chi connectivity index (χ3v) is 3.15. The van der Waals surface area contributed by atoms with Crippen molar-refractivity contribution in [2.75, 3.05) is 6.61 Å². The van der Waals surface area contributed by atoms with Gasteiger partial charge in [0.25, 0.3) is 5.91 Å². The van der Waals surface area contributed by atoms with E-state index in [9.17, 15) is 18.8 Å². The molecule has 0 atom stereocenters. The molecule has 0 aliphatic heterocycles. The molecule has 0 aromatic heterocycles. The number of esters is 1. The normalized spacial score (nSPS) is 10.3. The van der Waals surface area contributed by atoms with Crippen LogP contribution in [-0.2, 0) is 20.9 Å². The molecule has 2 aromatic carbocycles. The van der Waals surface area contributed by atoms with Gasteiger partial charge in [-0.05, 0) is 29.3 Å². The van der Waals surface area contributed by atoms with Gasteiger partial charge in [0.1, 0.15) is 5.82 Å². The Hall–Kier alpha value is -3.48. The largest absolute Gasteiger partial charge is 0.452 e. The van der Waals surface area contributed by atoms with Crippen LogP contribution < -0.4 is 10.6 Å². The Balaban J connectivity index is 1.69. The van der Waals surface area contributed by atoms with E-state index in [2.05, 4.69) is 5.32 Å². The molecule has 2 rings (SSSR count). The first-order valence-electron chi connectivity index (χ1n) is 7.75. The average molecular weight is 356 g/mol. The lowest BCUT2D eigenvalue weighted by Crippen LogP contribution is -2.41. The molecule has 7 heteroatoms. The number of nitrogens with one attached hydrogen (secondary N) is 2. The number of halogens is 1. The molecule has 2 N–H and O–H groups in total. The van der Waals surface area contributed by atoms with Gasteiger partial charge in [-0.15, -0.1) is 0 Å². The molecule has 0 spiro atoms. The summed E-state index contributed by atoms with van der Waals surface area (Å²) in [6.07, 6.45) is 2.42. The summed E-state index contributed by atoms with van der Waals surface area (Å²) in [6.45, 7) is -0.346. The lowest BCUT2D eigenvalue weighted by molar-refractivity contribution is -0.143. The number of rotatable bonds is 6. The number of imide groups is 1. The summed E-state index contributed by atoms with van der Waals surface area (Å²) in [4.78, 5) is 34.7. The second kappa shape index (κ2) is 9.73. The SMILES string of the molecule is O=C(COC(=O)/C=C/c1cccc(F)c1)NC(=O)NCc1ccccc1. The van der Waals surface area contributed by atoms with E-state index in [0.29, 0.717) is 5.56 Å². The number of amides is 3. The van der Waals surface area contributed by atoms with Crippen LogP contribution in [0.2, 0.25) is 0 Å². The van der Waals surface area contributed by atoms with E-state index in [1.165, 1.54) is 24.3 Å². The van der Waals surface area contributed by atoms with Crippen LogP contribution >= 0.6 is 0 Å². The Morgan fingerprint density at radius 3 is 2.54 bits per heavy atom. The molecule has 0 bridgehead atoms. The molecule has 0 fully saturated rings. The maximum atomic E-state index is 13.0. The second-order valence-electron chi connectivity index (χ2n) is 5.21. The van der Waals surface area contributed by atoms with E-state index in [1.54, 1.807) is 6.07 Å². The van der Waals surface area contributed by atoms with Gasteiger partial charge in [-0.1, -0.05) is 42.5 Å². The van der Waals surface area contributed by atoms with Gasteiger partial charge in [0, 0.05) is 12.6 Å². The lowest BCUT2D eigenvalue weighted by atomic mass is 10.2. The zero-order chi connectivity index (χ0) is 18.8. The van der Waals surface area contributed by atoms with Crippen LogP contribution in [0.3, 0.4) is 0 Å². The Labute approximate surface area is 149 Å². The Bertz CT molecular complexity index is 806. The zero-order valence-electron chi connectivity index (χ0n) is 13.8. The third-order valence-electron chi connectivity index (χ3n) is 3.15. The van der Waals surface area contributed by atoms with E-state index in [0.717, 1.165) is 11.6 Å².